The summed E-state index contributed by atoms with van der Waals surface area (Å²) < 4.78 is 0. The minimum Gasteiger partial charge on any atom is -0.270 e. The molecule has 750 valence electrons. The van der Waals surface area contributed by atoms with E-state index in [9.17, 15) is 4.79 Å². The zero-order valence-corrected chi connectivity index (χ0v) is 51.2. The Labute approximate surface area is 633 Å². The Morgan fingerprint density at radius 1 is 0.0800 bits per heavy atom. The Morgan fingerprint density at radius 3 is 0.176 bits per heavy atom. The van der Waals surface area contributed by atoms with Gasteiger partial charge in [-0.1, -0.05) is 0 Å². The molecule has 0 aliphatic heterocycles. The van der Waals surface area contributed by atoms with E-state index >= 15 is 0 Å². The number of rotatable bonds is 122. The van der Waals surface area contributed by atoms with Crippen molar-refractivity contribution in [2.75, 3.05) is 0 Å². The molecule has 124 heteroatoms. The predicted octanol–water partition coefficient (Wildman–Crippen LogP) is -8.64. The molecule has 0 bridgehead atoms. The van der Waals surface area contributed by atoms with Crippen LogP contribution in [0.1, 0.15) is 0 Å². The minimum atomic E-state index is -0.206. The van der Waals surface area contributed by atoms with Crippen molar-refractivity contribution in [1.82, 2.24) is 0 Å². The highest BCUT2D eigenvalue weighted by atomic mass is 18.1. The second-order valence-corrected chi connectivity index (χ2v) is 8.43. The van der Waals surface area contributed by atoms with Gasteiger partial charge in [0.15, 0.2) is 0 Å². The van der Waals surface area contributed by atoms with Gasteiger partial charge in [-0.3, -0.25) is 9.68 Å². The van der Waals surface area contributed by atoms with Crippen LogP contribution in [0.2, 0.25) is 0 Å². The molecule has 0 aromatic rings. The second-order valence-electron chi connectivity index (χ2n) is 8.43. The van der Waals surface area contributed by atoms with Gasteiger partial charge in [0.05, 0.1) is 0 Å². The minimum absolute atomic E-state index is 0.206. The van der Waals surface area contributed by atoms with E-state index in [1.165, 1.54) is 0 Å². The van der Waals surface area contributed by atoms with E-state index in [2.05, 4.69) is 615 Å². The van der Waals surface area contributed by atoms with Crippen molar-refractivity contribution in [3.8, 4) is 0 Å². The number of carbonyl (C=O) groups is 1. The first-order valence-corrected chi connectivity index (χ1v) is 20.8. The molecule has 0 heterocycles. The molecule has 0 aliphatic rings. The van der Waals surface area contributed by atoms with Gasteiger partial charge >= 0.3 is 6.47 Å². The second kappa shape index (κ2) is 119. The predicted molar refractivity (Wildman–Crippen MR) is 141 cm³/mol. The summed E-state index contributed by atoms with van der Waals surface area (Å²) in [5.74, 6) is 0. The fourth-order valence-electron chi connectivity index (χ4n) is 1.38. The van der Waals surface area contributed by atoms with E-state index in [4.69, 9.17) is 5.26 Å². The lowest BCUT2D eigenvalue weighted by molar-refractivity contribution is -0.913. The summed E-state index contributed by atoms with van der Waals surface area (Å²) in [6, 6.07) is 0. The fourth-order valence-corrected chi connectivity index (χ4v) is 1.38. The van der Waals surface area contributed by atoms with E-state index in [1.807, 2.05) is 0 Å². The molecule has 125 heavy (non-hydrogen) atoms. The molecule has 0 fully saturated rings. The van der Waals surface area contributed by atoms with Crippen LogP contribution in [-0.2, 0) is 619 Å². The molecular formula is CH2O124. The van der Waals surface area contributed by atoms with Gasteiger partial charge in [-0.15, -0.1) is 0 Å². The summed E-state index contributed by atoms with van der Waals surface area (Å²) in [5.41, 5.74) is 0. The maximum absolute atomic E-state index is 9.60. The molecule has 0 rings (SSSR count). The van der Waals surface area contributed by atoms with Crippen LogP contribution < -0.4 is 0 Å². The third-order valence-electron chi connectivity index (χ3n) is 3.41. The molecular weight excluding hydrogens is 2000 g/mol. The van der Waals surface area contributed by atoms with Crippen LogP contribution in [0.4, 0.5) is 0 Å². The first-order valence-electron chi connectivity index (χ1n) is 20.8. The van der Waals surface area contributed by atoms with Crippen LogP contribution in [0.15, 0.2) is 0 Å². The average Bonchev–Trinajstić information content (AvgIpc) is 1.66. The van der Waals surface area contributed by atoms with Crippen LogP contribution in [0.25, 0.3) is 0 Å². The maximum atomic E-state index is 9.60. The van der Waals surface area contributed by atoms with E-state index in [1.54, 1.807) is 0 Å². The van der Waals surface area contributed by atoms with Gasteiger partial charge in [0.2, 0.25) is 0 Å². The lowest BCUT2D eigenvalue weighted by Crippen LogP contribution is -2.07. The van der Waals surface area contributed by atoms with E-state index in [-0.39, 0.29) is 6.47 Å². The van der Waals surface area contributed by atoms with Crippen molar-refractivity contribution < 1.29 is 625 Å². The molecule has 0 amide bonds. The highest BCUT2D eigenvalue weighted by molar-refractivity contribution is 5.35. The summed E-state index contributed by atoms with van der Waals surface area (Å²) in [6.07, 6.45) is 0. The monoisotopic (exact) mass is 2000 g/mol. The SMILES string of the molecule is O=COOOOOOOOOOOOOOOOOOOOOOOOOOOOOOOOOOOOOOOOOOOOOOOOOOOOOOOOOOOOOOOOOOOOOOOOOOOOOOOOOOOOOOOOOOOOOOOOOOOOOOOOOOOOOOOOOOOOOOOOOOO. The lowest BCUT2D eigenvalue weighted by atomic mass is 11.7. The van der Waals surface area contributed by atoms with Gasteiger partial charge in [0, 0.05) is 569 Å². The molecule has 0 unspecified atom stereocenters. The van der Waals surface area contributed by atoms with Crippen LogP contribution >= 0.6 is 0 Å². The fraction of sp³-hybridized carbons (Fsp3) is 0. The third kappa shape index (κ3) is 119. The first kappa shape index (κ1) is 120. The van der Waals surface area contributed by atoms with Gasteiger partial charge in [-0.25, -0.2) is 5.26 Å². The summed E-state index contributed by atoms with van der Waals surface area (Å²) in [4.78, 5) is 13.1. The zero-order valence-electron chi connectivity index (χ0n) is 51.2. The smallest absolute Gasteiger partial charge is 0.270 e. The normalized spacial score (nSPS) is 11.8. The Bertz CT molecular complexity index is 1640. The van der Waals surface area contributed by atoms with Crippen LogP contribution in [0.5, 0.6) is 0 Å². The summed E-state index contributed by atoms with van der Waals surface area (Å²) in [5, 5.41) is 429. The average molecular weight is 2000 g/mol. The largest absolute Gasteiger partial charge is 0.334 e. The van der Waals surface area contributed by atoms with Crippen LogP contribution in [0.3, 0.4) is 0 Å². The van der Waals surface area contributed by atoms with E-state index in [0.717, 1.165) is 0 Å². The molecule has 0 spiro atoms. The Balaban J connectivity index is 3.10. The Morgan fingerprint density at radius 2 is 0.128 bits per heavy atom. The number of carbonyl (C=O) groups excluding carboxylic acids is 1. The zero-order chi connectivity index (χ0) is 89.0. The Kier molecular flexibility index (Phi) is 113. The molecule has 0 saturated heterocycles. The van der Waals surface area contributed by atoms with Crippen molar-refractivity contribution in [2.24, 2.45) is 0 Å². The lowest BCUT2D eigenvalue weighted by Gasteiger charge is -2.00. The quantitative estimate of drug-likeness (QED) is 0.0256. The highest BCUT2D eigenvalue weighted by Crippen LogP contribution is 2.05. The molecule has 0 aromatic carbocycles. The van der Waals surface area contributed by atoms with Crippen LogP contribution in [-0.4, -0.2) is 11.7 Å². The van der Waals surface area contributed by atoms with Crippen molar-refractivity contribution in [2.45, 2.75) is 0 Å². The third-order valence-corrected chi connectivity index (χ3v) is 3.41. The van der Waals surface area contributed by atoms with E-state index < -0.39 is 0 Å². The number of hydrogen-bond acceptors (Lipinski definition) is 124. The van der Waals surface area contributed by atoms with Gasteiger partial charge in [0.25, 0.3) is 0 Å². The summed E-state index contributed by atoms with van der Waals surface area (Å²) in [7, 11) is 0. The molecule has 0 atom stereocenters. The molecule has 0 saturated carbocycles. The van der Waals surface area contributed by atoms with Gasteiger partial charge in [-0.2, -0.15) is 0 Å². The Hall–Kier alpha value is -5.41. The maximum Gasteiger partial charge on any atom is 0.334 e. The van der Waals surface area contributed by atoms with E-state index in [0.29, 0.717) is 0 Å². The highest BCUT2D eigenvalue weighted by Gasteiger charge is 2.12. The standard InChI is InChI=1S/CH2O124/c2-1-4-6-8-10-12-14-16-18-20-22-24-26-28-30-32-34-36-38-40-42-44-46-48-50-52-54-56-58-60-62-64-66-68-70-72-74-76-78-80-82-84-86-88-90-92-94-96-98-100-102-104-106-108-110-112-114-116-118-120-122-124-125-123-121-119-117-115-113-111-109-107-105-103-101-99-97-95-93-91-89-87-85-83-81-79-77-75-73-71-69-67-65-63-61-59-57-55-53-51-49-47-45-43-41-39-37-35-33-31-29-27-25-23-21-19-17-15-13-11-9-7-5-3/h1,3H. The van der Waals surface area contributed by atoms with Crippen molar-refractivity contribution in [3.63, 3.8) is 0 Å². The molecule has 0 radical (unpaired) electrons. The molecule has 124 nitrogen and oxygen atoms in total. The molecule has 0 aromatic heterocycles. The van der Waals surface area contributed by atoms with Crippen molar-refractivity contribution >= 4 is 6.47 Å². The number of hydrogen-bond donors (Lipinski definition) is 1. The topological polar surface area (TPSA) is 1160 Å². The van der Waals surface area contributed by atoms with Gasteiger partial charge in [0.1, 0.15) is 0 Å². The van der Waals surface area contributed by atoms with Crippen molar-refractivity contribution in [1.29, 1.82) is 0 Å². The van der Waals surface area contributed by atoms with Gasteiger partial charge in [-0.05, 0) is 40.3 Å². The molecule has 1 N–H and O–H groups in total. The molecule has 0 aliphatic carbocycles. The van der Waals surface area contributed by atoms with Crippen LogP contribution in [0, 0.1) is 0 Å². The summed E-state index contributed by atoms with van der Waals surface area (Å²) >= 11 is 0. The van der Waals surface area contributed by atoms with Gasteiger partial charge < -0.3 is 0 Å². The first-order chi connectivity index (χ1) is 62.4. The summed E-state index contributed by atoms with van der Waals surface area (Å²) in [6.45, 7) is -0.206. The van der Waals surface area contributed by atoms with Crippen molar-refractivity contribution in [3.05, 3.63) is 0 Å².